The van der Waals surface area contributed by atoms with Crippen molar-refractivity contribution in [1.29, 1.82) is 0 Å². The second-order valence-corrected chi connectivity index (χ2v) is 9.90. The molecule has 1 saturated heterocycles. The molecule has 2 aliphatic rings. The summed E-state index contributed by atoms with van der Waals surface area (Å²) in [6.45, 7) is 0.807. The van der Waals surface area contributed by atoms with Crippen LogP contribution in [0.25, 0.3) is 0 Å². The van der Waals surface area contributed by atoms with E-state index in [1.54, 1.807) is 21.6 Å². The van der Waals surface area contributed by atoms with Gasteiger partial charge in [-0.25, -0.2) is 9.78 Å². The van der Waals surface area contributed by atoms with Crippen molar-refractivity contribution in [2.75, 3.05) is 30.9 Å². The van der Waals surface area contributed by atoms with E-state index in [0.29, 0.717) is 22.7 Å². The predicted molar refractivity (Wildman–Crippen MR) is 131 cm³/mol. The number of aliphatic carboxylic acids is 1. The number of fused-ring (bicyclic) bond motifs is 1. The zero-order chi connectivity index (χ0) is 26.7. The number of carboxylic acid groups (broad SMARTS) is 1. The van der Waals surface area contributed by atoms with Crippen molar-refractivity contribution in [3.05, 3.63) is 34.6 Å². The van der Waals surface area contributed by atoms with Gasteiger partial charge in [0, 0.05) is 17.5 Å². The Kier molecular flexibility index (Phi) is 7.63. The maximum atomic E-state index is 13.0. The van der Waals surface area contributed by atoms with Crippen molar-refractivity contribution in [2.45, 2.75) is 24.5 Å². The van der Waals surface area contributed by atoms with Gasteiger partial charge in [0.2, 0.25) is 0 Å². The molecule has 6 N–H and O–H groups in total. The Morgan fingerprint density at radius 3 is 2.86 bits per heavy atom. The number of carbonyl (C=O) groups excluding carboxylic acids is 3. The molecule has 2 aromatic rings. The molecule has 0 aromatic carbocycles. The van der Waals surface area contributed by atoms with Crippen molar-refractivity contribution in [1.82, 2.24) is 19.9 Å². The number of oxime groups is 1. The topological polar surface area (TPSA) is 208 Å². The van der Waals surface area contributed by atoms with E-state index >= 15 is 0 Å². The molecule has 196 valence electrons. The SMILES string of the molecule is CO/N=C(\C(=O)N[C@@H]1C(=O)N2C(C(=O)O)=C(C[n+]3ccc(N)n3CCOC=O)CSC12)c1cnc(N)s1. The Labute approximate surface area is 217 Å². The molecule has 0 radical (unpaired) electrons. The lowest BCUT2D eigenvalue weighted by Crippen LogP contribution is -2.71. The van der Waals surface area contributed by atoms with E-state index in [9.17, 15) is 24.3 Å². The van der Waals surface area contributed by atoms with Gasteiger partial charge in [0.25, 0.3) is 18.3 Å². The van der Waals surface area contributed by atoms with Crippen LogP contribution in [0.2, 0.25) is 0 Å². The normalized spacial score (nSPS) is 19.2. The second-order valence-electron chi connectivity index (χ2n) is 7.73. The summed E-state index contributed by atoms with van der Waals surface area (Å²) in [5.74, 6) is -1.84. The van der Waals surface area contributed by atoms with Gasteiger partial charge in [0.1, 0.15) is 37.4 Å². The third-order valence-corrected chi connectivity index (χ3v) is 7.73. The number of thiazole rings is 1. The minimum atomic E-state index is -1.27. The molecule has 2 aliphatic heterocycles. The quantitative estimate of drug-likeness (QED) is 0.0621. The van der Waals surface area contributed by atoms with Crippen molar-refractivity contribution >= 4 is 64.0 Å². The molecule has 0 spiro atoms. The first-order chi connectivity index (χ1) is 17.8. The van der Waals surface area contributed by atoms with Crippen LogP contribution in [-0.2, 0) is 41.8 Å². The third kappa shape index (κ3) is 5.08. The van der Waals surface area contributed by atoms with E-state index in [1.807, 2.05) is 0 Å². The monoisotopic (exact) mass is 551 g/mol. The zero-order valence-corrected chi connectivity index (χ0v) is 21.0. The fourth-order valence-electron chi connectivity index (χ4n) is 3.96. The lowest BCUT2D eigenvalue weighted by molar-refractivity contribution is -0.767. The van der Waals surface area contributed by atoms with Crippen molar-refractivity contribution in [2.24, 2.45) is 5.16 Å². The third-order valence-electron chi connectivity index (χ3n) is 5.56. The summed E-state index contributed by atoms with van der Waals surface area (Å²) in [4.78, 5) is 58.7. The average Bonchev–Trinajstić information content (AvgIpc) is 3.45. The van der Waals surface area contributed by atoms with Gasteiger partial charge in [-0.3, -0.25) is 19.3 Å². The van der Waals surface area contributed by atoms with Crippen LogP contribution in [-0.4, -0.2) is 80.5 Å². The molecule has 0 saturated carbocycles. The van der Waals surface area contributed by atoms with Gasteiger partial charge in [-0.15, -0.1) is 21.1 Å². The van der Waals surface area contributed by atoms with Crippen LogP contribution in [0.3, 0.4) is 0 Å². The number of thioether (sulfide) groups is 1. The summed E-state index contributed by atoms with van der Waals surface area (Å²) in [6, 6.07) is 0.671. The number of nitrogens with one attached hydrogen (secondary N) is 1. The number of nitrogens with zero attached hydrogens (tertiary/aromatic N) is 5. The van der Waals surface area contributed by atoms with Gasteiger partial charge in [-0.1, -0.05) is 16.5 Å². The van der Waals surface area contributed by atoms with Crippen molar-refractivity contribution in [3.8, 4) is 0 Å². The lowest BCUT2D eigenvalue weighted by atomic mass is 10.0. The number of ether oxygens (including phenoxy) is 1. The number of hydrogen-bond donors (Lipinski definition) is 4. The molecule has 37 heavy (non-hydrogen) atoms. The molecule has 2 atom stereocenters. The number of carbonyl (C=O) groups is 4. The van der Waals surface area contributed by atoms with Gasteiger partial charge >= 0.3 is 5.97 Å². The highest BCUT2D eigenvalue weighted by Gasteiger charge is 2.55. The van der Waals surface area contributed by atoms with Gasteiger partial charge in [-0.05, 0) is 0 Å². The average molecular weight is 552 g/mol. The van der Waals surface area contributed by atoms with Crippen LogP contribution in [0.15, 0.2) is 34.9 Å². The predicted octanol–water partition coefficient (Wildman–Crippen LogP) is -1.64. The Balaban J connectivity index is 1.52. The first kappa shape index (κ1) is 26.0. The molecule has 0 aliphatic carbocycles. The van der Waals surface area contributed by atoms with Gasteiger partial charge < -0.3 is 31.5 Å². The number of nitrogen functional groups attached to an aromatic ring is 2. The van der Waals surface area contributed by atoms with Crippen molar-refractivity contribution < 1.29 is 38.5 Å². The number of β-lactam (4-membered cyclic amide) rings is 1. The molecule has 0 bridgehead atoms. The first-order valence-electron chi connectivity index (χ1n) is 10.7. The minimum absolute atomic E-state index is 0.0819. The van der Waals surface area contributed by atoms with Crippen LogP contribution in [0.4, 0.5) is 10.9 Å². The van der Waals surface area contributed by atoms with Gasteiger partial charge in [-0.2, -0.15) is 0 Å². The van der Waals surface area contributed by atoms with Crippen LogP contribution in [0.1, 0.15) is 4.88 Å². The van der Waals surface area contributed by atoms with Crippen LogP contribution in [0.5, 0.6) is 0 Å². The Hall–Kier alpha value is -4.12. The smallest absolute Gasteiger partial charge is 0.352 e. The Morgan fingerprint density at radius 2 is 2.22 bits per heavy atom. The molecule has 4 heterocycles. The molecular formula is C20H23N8O7S2+. The molecular weight excluding hydrogens is 528 g/mol. The molecule has 1 fully saturated rings. The number of carboxylic acids is 1. The van der Waals surface area contributed by atoms with Gasteiger partial charge in [0.15, 0.2) is 29.4 Å². The number of hydrogen-bond acceptors (Lipinski definition) is 12. The van der Waals surface area contributed by atoms with Gasteiger partial charge in [0.05, 0.1) is 10.9 Å². The van der Waals surface area contributed by atoms with Crippen LogP contribution >= 0.6 is 23.1 Å². The Morgan fingerprint density at radius 1 is 1.43 bits per heavy atom. The summed E-state index contributed by atoms with van der Waals surface area (Å²) < 4.78 is 8.05. The molecule has 2 amide bonds. The highest BCUT2D eigenvalue weighted by Crippen LogP contribution is 2.40. The van der Waals surface area contributed by atoms with Crippen LogP contribution < -0.4 is 21.5 Å². The van der Waals surface area contributed by atoms with E-state index in [-0.39, 0.29) is 42.0 Å². The number of rotatable bonds is 11. The summed E-state index contributed by atoms with van der Waals surface area (Å²) in [5, 5.41) is 15.9. The molecule has 1 unspecified atom stereocenters. The largest absolute Gasteiger partial charge is 0.477 e. The van der Waals surface area contributed by atoms with Crippen LogP contribution in [0, 0.1) is 0 Å². The van der Waals surface area contributed by atoms with E-state index in [4.69, 9.17) is 21.0 Å². The minimum Gasteiger partial charge on any atom is -0.477 e. The summed E-state index contributed by atoms with van der Waals surface area (Å²) in [5.41, 5.74) is 11.9. The molecule has 17 heteroatoms. The Bertz CT molecular complexity index is 1300. The lowest BCUT2D eigenvalue weighted by Gasteiger charge is -2.49. The maximum absolute atomic E-state index is 13.0. The number of nitrogens with two attached hydrogens (primary N) is 2. The van der Waals surface area contributed by atoms with E-state index < -0.39 is 29.2 Å². The standard InChI is InChI=1S/C20H22N8O7S2/c1-34-25-13(11-6-23-20(22)37-11)16(30)24-14-17(31)28-15(19(32)33)10(8-36-18(14)28)7-26-3-2-12(21)27(26)4-5-35-9-29/h2-3,6,9,14,18,21H,4-5,7-8H2,1H3,(H4,22,23,24,25,30,32,33)/p+1/t14-,18?/m1/s1. The summed E-state index contributed by atoms with van der Waals surface area (Å²) in [7, 11) is 1.27. The number of aromatic nitrogens is 3. The fourth-order valence-corrected chi connectivity index (χ4v) is 5.95. The number of anilines is 2. The first-order valence-corrected chi connectivity index (χ1v) is 12.6. The zero-order valence-electron chi connectivity index (χ0n) is 19.4. The van der Waals surface area contributed by atoms with E-state index in [1.165, 1.54) is 30.0 Å². The molecule has 2 aromatic heterocycles. The number of amides is 2. The van der Waals surface area contributed by atoms with E-state index in [0.717, 1.165) is 11.3 Å². The molecule has 4 rings (SSSR count). The summed E-state index contributed by atoms with van der Waals surface area (Å²) >= 11 is 2.34. The highest BCUT2D eigenvalue weighted by atomic mass is 32.2. The summed E-state index contributed by atoms with van der Waals surface area (Å²) in [6.07, 6.45) is 3.04. The van der Waals surface area contributed by atoms with Crippen molar-refractivity contribution in [3.63, 3.8) is 0 Å². The fraction of sp³-hybridized carbons (Fsp3) is 0.350. The van der Waals surface area contributed by atoms with E-state index in [2.05, 4.69) is 15.5 Å². The maximum Gasteiger partial charge on any atom is 0.352 e. The highest BCUT2D eigenvalue weighted by molar-refractivity contribution is 8.00. The molecule has 15 nitrogen and oxygen atoms in total. The second kappa shape index (κ2) is 10.9.